The smallest absolute Gasteiger partial charge is 0.262 e. The van der Waals surface area contributed by atoms with Crippen LogP contribution in [-0.4, -0.2) is 22.1 Å². The lowest BCUT2D eigenvalue weighted by Gasteiger charge is -2.09. The Bertz CT molecular complexity index is 1110. The molecule has 0 aliphatic carbocycles. The van der Waals surface area contributed by atoms with Crippen LogP contribution in [0, 0.1) is 0 Å². The van der Waals surface area contributed by atoms with E-state index in [0.29, 0.717) is 5.75 Å². The summed E-state index contributed by atoms with van der Waals surface area (Å²) < 4.78 is 7.59. The van der Waals surface area contributed by atoms with Gasteiger partial charge in [-0.15, -0.1) is 0 Å². The number of ether oxygens (including phenoxy) is 1. The van der Waals surface area contributed by atoms with E-state index in [1.165, 1.54) is 0 Å². The van der Waals surface area contributed by atoms with E-state index in [9.17, 15) is 4.79 Å². The maximum Gasteiger partial charge on any atom is 0.262 e. The molecule has 140 valence electrons. The van der Waals surface area contributed by atoms with Crippen LogP contribution in [-0.2, 0) is 11.8 Å². The first-order valence-electron chi connectivity index (χ1n) is 8.84. The highest BCUT2D eigenvalue weighted by Gasteiger charge is 2.06. The van der Waals surface area contributed by atoms with E-state index in [-0.39, 0.29) is 12.5 Å². The molecule has 6 heteroatoms. The van der Waals surface area contributed by atoms with E-state index in [2.05, 4.69) is 10.3 Å². The Morgan fingerprint density at radius 1 is 1.07 bits per heavy atom. The van der Waals surface area contributed by atoms with Crippen molar-refractivity contribution in [2.45, 2.75) is 10.1 Å². The maximum atomic E-state index is 12.2. The monoisotopic (exact) mass is 389 g/mol. The molecule has 1 amide bonds. The lowest BCUT2D eigenvalue weighted by atomic mass is 10.1. The molecule has 0 saturated carbocycles. The van der Waals surface area contributed by atoms with Crippen LogP contribution in [0.4, 0.5) is 5.69 Å². The molecule has 4 aromatic rings. The van der Waals surface area contributed by atoms with Gasteiger partial charge in [-0.05, 0) is 47.2 Å². The van der Waals surface area contributed by atoms with E-state index in [1.807, 2.05) is 84.5 Å². The minimum atomic E-state index is -0.197. The van der Waals surface area contributed by atoms with Gasteiger partial charge < -0.3 is 14.6 Å². The van der Waals surface area contributed by atoms with E-state index >= 15 is 0 Å². The molecular weight excluding hydrogens is 370 g/mol. The number of benzene rings is 3. The number of carbonyl (C=O) groups excluding carboxylic acids is 1. The van der Waals surface area contributed by atoms with Crippen LogP contribution < -0.4 is 10.1 Å². The molecule has 28 heavy (non-hydrogen) atoms. The zero-order valence-electron chi connectivity index (χ0n) is 15.3. The predicted octanol–water partition coefficient (Wildman–Crippen LogP) is 4.74. The normalized spacial score (nSPS) is 10.8. The number of nitrogens with zero attached hydrogens (tertiary/aromatic N) is 2. The van der Waals surface area contributed by atoms with E-state index in [0.717, 1.165) is 26.5 Å². The summed E-state index contributed by atoms with van der Waals surface area (Å²) in [5.74, 6) is 0.480. The van der Waals surface area contributed by atoms with Crippen molar-refractivity contribution < 1.29 is 9.53 Å². The van der Waals surface area contributed by atoms with Crippen LogP contribution in [0.25, 0.3) is 10.8 Å². The molecule has 1 N–H and O–H groups in total. The third kappa shape index (κ3) is 4.35. The fourth-order valence-electron chi connectivity index (χ4n) is 2.77. The molecule has 0 bridgehead atoms. The van der Waals surface area contributed by atoms with Crippen LogP contribution >= 0.6 is 11.8 Å². The van der Waals surface area contributed by atoms with Crippen molar-refractivity contribution in [3.8, 4) is 5.75 Å². The highest BCUT2D eigenvalue weighted by Crippen LogP contribution is 2.26. The average Bonchev–Trinajstić information content (AvgIpc) is 3.12. The van der Waals surface area contributed by atoms with Crippen molar-refractivity contribution in [1.29, 1.82) is 0 Å². The van der Waals surface area contributed by atoms with Crippen molar-refractivity contribution in [2.75, 3.05) is 11.9 Å². The number of aromatic nitrogens is 2. The molecule has 0 atom stereocenters. The lowest BCUT2D eigenvalue weighted by molar-refractivity contribution is -0.118. The highest BCUT2D eigenvalue weighted by atomic mass is 32.2. The average molecular weight is 389 g/mol. The third-order valence-corrected chi connectivity index (χ3v) is 5.30. The fourth-order valence-corrected chi connectivity index (χ4v) is 3.57. The fraction of sp³-hybridized carbons (Fsp3) is 0.0909. The summed E-state index contributed by atoms with van der Waals surface area (Å²) in [4.78, 5) is 17.5. The standard InChI is InChI=1S/C22H19N3O2S/c1-25-13-12-23-22(25)28-20-10-7-18(8-11-20)24-21(26)15-27-19-9-6-16-4-2-3-5-17(16)14-19/h2-14H,15H2,1H3,(H,24,26). The van der Waals surface area contributed by atoms with E-state index < -0.39 is 0 Å². The van der Waals surface area contributed by atoms with Gasteiger partial charge in [0.25, 0.3) is 5.91 Å². The number of carbonyl (C=O) groups is 1. The summed E-state index contributed by atoms with van der Waals surface area (Å²) in [5.41, 5.74) is 0.733. The van der Waals surface area contributed by atoms with Gasteiger partial charge in [0.2, 0.25) is 0 Å². The molecule has 3 aromatic carbocycles. The largest absolute Gasteiger partial charge is 0.484 e. The molecule has 0 aliphatic rings. The van der Waals surface area contributed by atoms with Gasteiger partial charge in [0.1, 0.15) is 5.75 Å². The molecule has 1 aromatic heterocycles. The van der Waals surface area contributed by atoms with E-state index in [1.54, 1.807) is 18.0 Å². The number of hydrogen-bond acceptors (Lipinski definition) is 4. The lowest BCUT2D eigenvalue weighted by Crippen LogP contribution is -2.20. The van der Waals surface area contributed by atoms with Gasteiger partial charge in [-0.3, -0.25) is 4.79 Å². The predicted molar refractivity (Wildman–Crippen MR) is 112 cm³/mol. The first-order chi connectivity index (χ1) is 13.7. The van der Waals surface area contributed by atoms with Crippen LogP contribution in [0.1, 0.15) is 0 Å². The Hall–Kier alpha value is -3.25. The second-order valence-corrected chi connectivity index (χ2v) is 7.33. The Kier molecular flexibility index (Phi) is 5.30. The van der Waals surface area contributed by atoms with Crippen molar-refractivity contribution in [3.05, 3.63) is 79.1 Å². The molecule has 5 nitrogen and oxygen atoms in total. The Morgan fingerprint density at radius 2 is 1.86 bits per heavy atom. The van der Waals surface area contributed by atoms with Crippen LogP contribution in [0.2, 0.25) is 0 Å². The second-order valence-electron chi connectivity index (χ2n) is 6.29. The van der Waals surface area contributed by atoms with Gasteiger partial charge in [-0.2, -0.15) is 0 Å². The number of aryl methyl sites for hydroxylation is 1. The van der Waals surface area contributed by atoms with Crippen molar-refractivity contribution in [2.24, 2.45) is 7.05 Å². The molecule has 0 fully saturated rings. The van der Waals surface area contributed by atoms with Crippen LogP contribution in [0.5, 0.6) is 5.75 Å². The van der Waals surface area contributed by atoms with Gasteiger partial charge in [0.05, 0.1) is 0 Å². The molecule has 4 rings (SSSR count). The summed E-state index contributed by atoms with van der Waals surface area (Å²) in [7, 11) is 1.96. The molecule has 0 spiro atoms. The summed E-state index contributed by atoms with van der Waals surface area (Å²) in [6.07, 6.45) is 3.68. The molecule has 0 unspecified atom stereocenters. The number of amides is 1. The molecule has 0 aliphatic heterocycles. The van der Waals surface area contributed by atoms with Crippen LogP contribution in [0.3, 0.4) is 0 Å². The number of imidazole rings is 1. The Balaban J connectivity index is 1.32. The molecule has 1 heterocycles. The summed E-state index contributed by atoms with van der Waals surface area (Å²) in [6.45, 7) is -0.0396. The van der Waals surface area contributed by atoms with Gasteiger partial charge >= 0.3 is 0 Å². The number of fused-ring (bicyclic) bond motifs is 1. The highest BCUT2D eigenvalue weighted by molar-refractivity contribution is 7.99. The zero-order valence-corrected chi connectivity index (χ0v) is 16.1. The molecule has 0 radical (unpaired) electrons. The van der Waals surface area contributed by atoms with Crippen molar-refractivity contribution in [3.63, 3.8) is 0 Å². The number of anilines is 1. The molecule has 0 saturated heterocycles. The maximum absolute atomic E-state index is 12.2. The van der Waals surface area contributed by atoms with Gasteiger partial charge in [-0.1, -0.05) is 42.1 Å². The Morgan fingerprint density at radius 3 is 2.61 bits per heavy atom. The van der Waals surface area contributed by atoms with Gasteiger partial charge in [-0.25, -0.2) is 4.98 Å². The first-order valence-corrected chi connectivity index (χ1v) is 9.66. The van der Waals surface area contributed by atoms with Crippen molar-refractivity contribution >= 4 is 34.1 Å². The quantitative estimate of drug-likeness (QED) is 0.517. The van der Waals surface area contributed by atoms with Gasteiger partial charge in [0, 0.05) is 30.0 Å². The Labute approximate surface area is 167 Å². The number of hydrogen-bond donors (Lipinski definition) is 1. The summed E-state index contributed by atoms with van der Waals surface area (Å²) >= 11 is 1.57. The SMILES string of the molecule is Cn1ccnc1Sc1ccc(NC(=O)COc2ccc3ccccc3c2)cc1. The molecular formula is C22H19N3O2S. The number of nitrogens with one attached hydrogen (secondary N) is 1. The first kappa shape index (κ1) is 18.1. The zero-order chi connectivity index (χ0) is 19.3. The summed E-state index contributed by atoms with van der Waals surface area (Å²) in [6, 6.07) is 21.5. The second kappa shape index (κ2) is 8.19. The minimum Gasteiger partial charge on any atom is -0.484 e. The van der Waals surface area contributed by atoms with Crippen molar-refractivity contribution in [1.82, 2.24) is 9.55 Å². The summed E-state index contributed by atoms with van der Waals surface area (Å²) in [5, 5.41) is 6.00. The number of rotatable bonds is 6. The topological polar surface area (TPSA) is 56.2 Å². The minimum absolute atomic E-state index is 0.0396. The van der Waals surface area contributed by atoms with E-state index in [4.69, 9.17) is 4.74 Å². The third-order valence-electron chi connectivity index (χ3n) is 4.22. The van der Waals surface area contributed by atoms with Crippen LogP contribution in [0.15, 0.2) is 89.2 Å². The van der Waals surface area contributed by atoms with Gasteiger partial charge in [0.15, 0.2) is 11.8 Å².